The van der Waals surface area contributed by atoms with Gasteiger partial charge in [0.1, 0.15) is 0 Å². The smallest absolute Gasteiger partial charge is 0.290 e. The highest BCUT2D eigenvalue weighted by Crippen LogP contribution is 2.31. The molecule has 14 heavy (non-hydrogen) atoms. The Labute approximate surface area is 81.2 Å². The number of nitrogens with zero attached hydrogens (tertiary/aromatic N) is 1. The highest BCUT2D eigenvalue weighted by atomic mass is 16.3. The molecule has 1 aliphatic carbocycles. The second kappa shape index (κ2) is 3.42. The first-order valence-corrected chi connectivity index (χ1v) is 4.70. The Morgan fingerprint density at radius 1 is 1.64 bits per heavy atom. The zero-order valence-electron chi connectivity index (χ0n) is 7.79. The molecular formula is C9H13N3O2. The number of aromatic amines is 1. The van der Waals surface area contributed by atoms with Crippen molar-refractivity contribution >= 4 is 5.82 Å². The number of rotatable bonds is 3. The second-order valence-electron chi connectivity index (χ2n) is 3.70. The van der Waals surface area contributed by atoms with Crippen molar-refractivity contribution in [3.8, 4) is 0 Å². The van der Waals surface area contributed by atoms with Crippen molar-refractivity contribution in [3.05, 3.63) is 22.7 Å². The van der Waals surface area contributed by atoms with Gasteiger partial charge in [-0.05, 0) is 19.3 Å². The van der Waals surface area contributed by atoms with Crippen LogP contribution in [0.2, 0.25) is 0 Å². The van der Waals surface area contributed by atoms with Gasteiger partial charge >= 0.3 is 0 Å². The normalized spacial score (nSPS) is 18.6. The molecule has 5 nitrogen and oxygen atoms in total. The van der Waals surface area contributed by atoms with Crippen LogP contribution in [-0.2, 0) is 0 Å². The molecule has 0 bridgehead atoms. The van der Waals surface area contributed by atoms with Crippen molar-refractivity contribution in [2.24, 2.45) is 0 Å². The lowest BCUT2D eigenvalue weighted by atomic mass is 9.80. The number of aromatic nitrogens is 2. The summed E-state index contributed by atoms with van der Waals surface area (Å²) in [6.07, 6.45) is 5.63. The Kier molecular flexibility index (Phi) is 2.25. The molecular weight excluding hydrogens is 182 g/mol. The van der Waals surface area contributed by atoms with Crippen molar-refractivity contribution in [2.45, 2.75) is 24.9 Å². The van der Waals surface area contributed by atoms with Crippen LogP contribution < -0.4 is 10.9 Å². The molecule has 1 aliphatic rings. The average molecular weight is 195 g/mol. The molecule has 0 unspecified atom stereocenters. The van der Waals surface area contributed by atoms with Gasteiger partial charge in [0.05, 0.1) is 5.60 Å². The van der Waals surface area contributed by atoms with E-state index in [-0.39, 0.29) is 11.4 Å². The van der Waals surface area contributed by atoms with Crippen molar-refractivity contribution in [1.29, 1.82) is 0 Å². The van der Waals surface area contributed by atoms with E-state index in [1.54, 1.807) is 0 Å². The molecule has 1 heterocycles. The third-order valence-corrected chi connectivity index (χ3v) is 2.58. The predicted octanol–water partition coefficient (Wildman–Crippen LogP) is 0.0968. The van der Waals surface area contributed by atoms with Gasteiger partial charge in [-0.25, -0.2) is 4.98 Å². The fraction of sp³-hybridized carbons (Fsp3) is 0.556. The van der Waals surface area contributed by atoms with E-state index < -0.39 is 5.60 Å². The predicted molar refractivity (Wildman–Crippen MR) is 52.1 cm³/mol. The Hall–Kier alpha value is -1.36. The minimum atomic E-state index is -0.635. The molecule has 0 spiro atoms. The zero-order chi connectivity index (χ0) is 10.0. The summed E-state index contributed by atoms with van der Waals surface area (Å²) in [5, 5.41) is 12.6. The largest absolute Gasteiger partial charge is 0.388 e. The van der Waals surface area contributed by atoms with Gasteiger partial charge in [0, 0.05) is 18.9 Å². The SMILES string of the molecule is O=c1[nH]ccnc1NCC1(O)CCC1. The summed E-state index contributed by atoms with van der Waals surface area (Å²) in [6.45, 7) is 0.396. The molecule has 3 N–H and O–H groups in total. The molecule has 1 aromatic heterocycles. The van der Waals surface area contributed by atoms with E-state index in [2.05, 4.69) is 15.3 Å². The van der Waals surface area contributed by atoms with E-state index in [1.165, 1.54) is 12.4 Å². The molecule has 5 heteroatoms. The first-order chi connectivity index (χ1) is 6.70. The molecule has 1 saturated carbocycles. The van der Waals surface area contributed by atoms with Crippen molar-refractivity contribution in [3.63, 3.8) is 0 Å². The molecule has 0 aromatic carbocycles. The fourth-order valence-electron chi connectivity index (χ4n) is 1.49. The van der Waals surface area contributed by atoms with Crippen molar-refractivity contribution in [1.82, 2.24) is 9.97 Å². The van der Waals surface area contributed by atoms with Gasteiger partial charge in [0.15, 0.2) is 5.82 Å². The van der Waals surface area contributed by atoms with E-state index >= 15 is 0 Å². The van der Waals surface area contributed by atoms with E-state index in [1.807, 2.05) is 0 Å². The van der Waals surface area contributed by atoms with Crippen LogP contribution in [0.4, 0.5) is 5.82 Å². The number of aliphatic hydroxyl groups is 1. The standard InChI is InChI=1S/C9H13N3O2/c13-8-7(10-4-5-11-8)12-6-9(14)2-1-3-9/h4-5,14H,1-3,6H2,(H,10,12)(H,11,13). The van der Waals surface area contributed by atoms with Crippen LogP contribution in [0.1, 0.15) is 19.3 Å². The first kappa shape index (κ1) is 9.21. The van der Waals surface area contributed by atoms with Crippen molar-refractivity contribution in [2.75, 3.05) is 11.9 Å². The number of H-pyrrole nitrogens is 1. The van der Waals surface area contributed by atoms with Crippen LogP contribution in [0, 0.1) is 0 Å². The van der Waals surface area contributed by atoms with Gasteiger partial charge in [-0.3, -0.25) is 4.79 Å². The van der Waals surface area contributed by atoms with Gasteiger partial charge in [-0.1, -0.05) is 0 Å². The van der Waals surface area contributed by atoms with Gasteiger partial charge in [-0.2, -0.15) is 0 Å². The molecule has 0 aliphatic heterocycles. The Balaban J connectivity index is 1.98. The molecule has 0 radical (unpaired) electrons. The summed E-state index contributed by atoms with van der Waals surface area (Å²) in [7, 11) is 0. The summed E-state index contributed by atoms with van der Waals surface area (Å²) in [6, 6.07) is 0. The zero-order valence-corrected chi connectivity index (χ0v) is 7.79. The molecule has 76 valence electrons. The number of nitrogens with one attached hydrogen (secondary N) is 2. The Morgan fingerprint density at radius 2 is 2.43 bits per heavy atom. The van der Waals surface area contributed by atoms with Gasteiger partial charge in [0.25, 0.3) is 5.56 Å². The lowest BCUT2D eigenvalue weighted by molar-refractivity contribution is -0.0202. The third kappa shape index (κ3) is 1.77. The monoisotopic (exact) mass is 195 g/mol. The van der Waals surface area contributed by atoms with Crippen LogP contribution in [-0.4, -0.2) is 27.2 Å². The fourth-order valence-corrected chi connectivity index (χ4v) is 1.49. The summed E-state index contributed by atoms with van der Waals surface area (Å²) < 4.78 is 0. The molecule has 0 amide bonds. The molecule has 2 rings (SSSR count). The van der Waals surface area contributed by atoms with Crippen LogP contribution in [0.3, 0.4) is 0 Å². The van der Waals surface area contributed by atoms with Gasteiger partial charge < -0.3 is 15.4 Å². The maximum atomic E-state index is 11.2. The van der Waals surface area contributed by atoms with E-state index in [4.69, 9.17) is 0 Å². The minimum Gasteiger partial charge on any atom is -0.388 e. The van der Waals surface area contributed by atoms with Crippen LogP contribution >= 0.6 is 0 Å². The highest BCUT2D eigenvalue weighted by molar-refractivity contribution is 5.30. The maximum Gasteiger partial charge on any atom is 0.290 e. The van der Waals surface area contributed by atoms with Crippen LogP contribution in [0.15, 0.2) is 17.2 Å². The molecule has 0 saturated heterocycles. The van der Waals surface area contributed by atoms with Crippen LogP contribution in [0.5, 0.6) is 0 Å². The number of hydrogen-bond acceptors (Lipinski definition) is 4. The van der Waals surface area contributed by atoms with E-state index in [9.17, 15) is 9.90 Å². The average Bonchev–Trinajstić information content (AvgIpc) is 2.14. The lowest BCUT2D eigenvalue weighted by Gasteiger charge is -2.36. The quantitative estimate of drug-likeness (QED) is 0.639. The third-order valence-electron chi connectivity index (χ3n) is 2.58. The number of anilines is 1. The Bertz CT molecular complexity index is 370. The second-order valence-corrected chi connectivity index (χ2v) is 3.70. The molecule has 1 aromatic rings. The summed E-state index contributed by atoms with van der Waals surface area (Å²) in [5.41, 5.74) is -0.889. The van der Waals surface area contributed by atoms with E-state index in [0.29, 0.717) is 6.54 Å². The molecule has 1 fully saturated rings. The maximum absolute atomic E-state index is 11.2. The molecule has 0 atom stereocenters. The van der Waals surface area contributed by atoms with Crippen molar-refractivity contribution < 1.29 is 5.11 Å². The summed E-state index contributed by atoms with van der Waals surface area (Å²) in [5.74, 6) is 0.271. The number of hydrogen-bond donors (Lipinski definition) is 3. The van der Waals surface area contributed by atoms with Gasteiger partial charge in [0.2, 0.25) is 0 Å². The Morgan fingerprint density at radius 3 is 3.00 bits per heavy atom. The first-order valence-electron chi connectivity index (χ1n) is 4.70. The van der Waals surface area contributed by atoms with E-state index in [0.717, 1.165) is 19.3 Å². The lowest BCUT2D eigenvalue weighted by Crippen LogP contribution is -2.44. The topological polar surface area (TPSA) is 78.0 Å². The summed E-state index contributed by atoms with van der Waals surface area (Å²) >= 11 is 0. The summed E-state index contributed by atoms with van der Waals surface area (Å²) in [4.78, 5) is 17.6. The van der Waals surface area contributed by atoms with Gasteiger partial charge in [-0.15, -0.1) is 0 Å². The highest BCUT2D eigenvalue weighted by Gasteiger charge is 2.34. The van der Waals surface area contributed by atoms with Crippen LogP contribution in [0.25, 0.3) is 0 Å². The minimum absolute atomic E-state index is 0.254.